The zero-order valence-corrected chi connectivity index (χ0v) is 10.3. The van der Waals surface area contributed by atoms with Crippen molar-refractivity contribution in [3.8, 4) is 11.5 Å². The molecule has 1 unspecified atom stereocenters. The molecule has 0 radical (unpaired) electrons. The molecule has 1 aromatic rings. The van der Waals surface area contributed by atoms with Crippen molar-refractivity contribution < 1.29 is 9.47 Å². The molecule has 1 saturated heterocycles. The third-order valence-electron chi connectivity index (χ3n) is 3.73. The third kappa shape index (κ3) is 1.89. The van der Waals surface area contributed by atoms with Crippen LogP contribution in [0.1, 0.15) is 31.7 Å². The third-order valence-corrected chi connectivity index (χ3v) is 3.73. The first-order valence-electron chi connectivity index (χ1n) is 6.44. The Morgan fingerprint density at radius 1 is 1.18 bits per heavy atom. The van der Waals surface area contributed by atoms with Gasteiger partial charge in [-0.2, -0.15) is 0 Å². The van der Waals surface area contributed by atoms with E-state index >= 15 is 0 Å². The molecule has 3 heteroatoms. The second kappa shape index (κ2) is 4.22. The van der Waals surface area contributed by atoms with Crippen LogP contribution in [0.2, 0.25) is 0 Å². The molecule has 0 aliphatic carbocycles. The van der Waals surface area contributed by atoms with Gasteiger partial charge in [-0.15, -0.1) is 0 Å². The second-order valence-corrected chi connectivity index (χ2v) is 5.05. The summed E-state index contributed by atoms with van der Waals surface area (Å²) < 4.78 is 11.6. The highest BCUT2D eigenvalue weighted by atomic mass is 16.5. The van der Waals surface area contributed by atoms with Crippen molar-refractivity contribution in [2.24, 2.45) is 0 Å². The number of hydrogen-bond acceptors (Lipinski definition) is 3. The Bertz CT molecular complexity index is 411. The summed E-state index contributed by atoms with van der Waals surface area (Å²) in [6.45, 7) is 4.84. The van der Waals surface area contributed by atoms with E-state index in [0.717, 1.165) is 44.1 Å². The number of para-hydroxylation sites is 1. The maximum Gasteiger partial charge on any atom is 0.166 e. The quantitative estimate of drug-likeness (QED) is 0.808. The molecule has 0 aromatic heterocycles. The van der Waals surface area contributed by atoms with Crippen LogP contribution in [0.25, 0.3) is 0 Å². The van der Waals surface area contributed by atoms with Gasteiger partial charge >= 0.3 is 0 Å². The molecule has 3 nitrogen and oxygen atoms in total. The van der Waals surface area contributed by atoms with Crippen LogP contribution in [0.15, 0.2) is 18.2 Å². The molecule has 2 aliphatic heterocycles. The van der Waals surface area contributed by atoms with Gasteiger partial charge in [0, 0.05) is 17.5 Å². The van der Waals surface area contributed by atoms with Crippen LogP contribution in [0.3, 0.4) is 0 Å². The summed E-state index contributed by atoms with van der Waals surface area (Å²) >= 11 is 0. The predicted octanol–water partition coefficient (Wildman–Crippen LogP) is 2.45. The molecule has 2 aliphatic rings. The summed E-state index contributed by atoms with van der Waals surface area (Å²) in [7, 11) is 0. The van der Waals surface area contributed by atoms with Gasteiger partial charge in [0.25, 0.3) is 0 Å². The topological polar surface area (TPSA) is 30.5 Å². The Morgan fingerprint density at radius 2 is 2.06 bits per heavy atom. The van der Waals surface area contributed by atoms with E-state index in [2.05, 4.69) is 24.4 Å². The Balaban J connectivity index is 2.04. The predicted molar refractivity (Wildman–Crippen MR) is 66.6 cm³/mol. The maximum absolute atomic E-state index is 5.89. The average molecular weight is 233 g/mol. The molecule has 0 spiro atoms. The Hall–Kier alpha value is -1.22. The molecule has 1 N–H and O–H groups in total. The lowest BCUT2D eigenvalue weighted by atomic mass is 9.89. The fraction of sp³-hybridized carbons (Fsp3) is 0.571. The van der Waals surface area contributed by atoms with Crippen molar-refractivity contribution in [2.75, 3.05) is 19.8 Å². The maximum atomic E-state index is 5.89. The highest BCUT2D eigenvalue weighted by molar-refractivity contribution is 5.50. The fourth-order valence-electron chi connectivity index (χ4n) is 2.75. The molecule has 3 rings (SSSR count). The van der Waals surface area contributed by atoms with Crippen LogP contribution < -0.4 is 14.8 Å². The number of hydrogen-bond donors (Lipinski definition) is 1. The van der Waals surface area contributed by atoms with E-state index < -0.39 is 0 Å². The Kier molecular flexibility index (Phi) is 2.71. The molecule has 92 valence electrons. The van der Waals surface area contributed by atoms with Crippen molar-refractivity contribution in [2.45, 2.75) is 31.7 Å². The molecule has 1 aromatic carbocycles. The van der Waals surface area contributed by atoms with Crippen molar-refractivity contribution in [1.29, 1.82) is 0 Å². The van der Waals surface area contributed by atoms with Crippen molar-refractivity contribution in [3.05, 3.63) is 23.8 Å². The van der Waals surface area contributed by atoms with E-state index in [1.807, 2.05) is 6.07 Å². The van der Waals surface area contributed by atoms with Crippen LogP contribution >= 0.6 is 0 Å². The van der Waals surface area contributed by atoms with Gasteiger partial charge in [-0.25, -0.2) is 0 Å². The average Bonchev–Trinajstić information content (AvgIpc) is 2.65. The molecule has 17 heavy (non-hydrogen) atoms. The molecule has 2 heterocycles. The molecular weight excluding hydrogens is 214 g/mol. The number of rotatable bonds is 1. The molecular formula is C14H19NO2. The zero-order valence-electron chi connectivity index (χ0n) is 10.3. The van der Waals surface area contributed by atoms with Crippen molar-refractivity contribution >= 4 is 0 Å². The summed E-state index contributed by atoms with van der Waals surface area (Å²) in [6, 6.07) is 6.22. The van der Waals surface area contributed by atoms with Crippen LogP contribution in [-0.4, -0.2) is 19.8 Å². The van der Waals surface area contributed by atoms with E-state index in [1.54, 1.807) is 0 Å². The second-order valence-electron chi connectivity index (χ2n) is 5.05. The molecule has 1 atom stereocenters. The van der Waals surface area contributed by atoms with E-state index in [0.29, 0.717) is 0 Å². The van der Waals surface area contributed by atoms with Crippen LogP contribution in [0.4, 0.5) is 0 Å². The largest absolute Gasteiger partial charge is 0.490 e. The molecule has 0 saturated carbocycles. The minimum atomic E-state index is 0.0407. The lowest BCUT2D eigenvalue weighted by Gasteiger charge is -2.27. The van der Waals surface area contributed by atoms with Gasteiger partial charge < -0.3 is 14.8 Å². The highest BCUT2D eigenvalue weighted by Crippen LogP contribution is 2.42. The van der Waals surface area contributed by atoms with Gasteiger partial charge in [0.05, 0.1) is 13.2 Å². The van der Waals surface area contributed by atoms with Gasteiger partial charge in [0.2, 0.25) is 0 Å². The summed E-state index contributed by atoms with van der Waals surface area (Å²) in [5.41, 5.74) is 1.29. The zero-order chi connectivity index (χ0) is 11.7. The number of benzene rings is 1. The summed E-state index contributed by atoms with van der Waals surface area (Å²) in [5.74, 6) is 1.84. The Labute approximate surface area is 102 Å². The van der Waals surface area contributed by atoms with E-state index in [-0.39, 0.29) is 5.54 Å². The van der Waals surface area contributed by atoms with Gasteiger partial charge in [0.15, 0.2) is 11.5 Å². The first kappa shape index (κ1) is 10.9. The highest BCUT2D eigenvalue weighted by Gasteiger charge is 2.34. The van der Waals surface area contributed by atoms with Crippen LogP contribution in [0, 0.1) is 0 Å². The SMILES string of the molecule is CC1(c2cccc3c2OCCCO3)CCCN1. The van der Waals surface area contributed by atoms with E-state index in [1.165, 1.54) is 12.0 Å². The number of fused-ring (bicyclic) bond motifs is 1. The summed E-state index contributed by atoms with van der Waals surface area (Å²) in [6.07, 6.45) is 3.34. The minimum Gasteiger partial charge on any atom is -0.490 e. The van der Waals surface area contributed by atoms with Gasteiger partial charge in [-0.3, -0.25) is 0 Å². The summed E-state index contributed by atoms with van der Waals surface area (Å²) in [5, 5.41) is 3.58. The van der Waals surface area contributed by atoms with Crippen molar-refractivity contribution in [3.63, 3.8) is 0 Å². The smallest absolute Gasteiger partial charge is 0.166 e. The van der Waals surface area contributed by atoms with Gasteiger partial charge in [-0.1, -0.05) is 12.1 Å². The number of nitrogens with one attached hydrogen (secondary N) is 1. The Morgan fingerprint density at radius 3 is 2.88 bits per heavy atom. The first-order valence-corrected chi connectivity index (χ1v) is 6.44. The monoisotopic (exact) mass is 233 g/mol. The fourth-order valence-corrected chi connectivity index (χ4v) is 2.75. The summed E-state index contributed by atoms with van der Waals surface area (Å²) in [4.78, 5) is 0. The first-order chi connectivity index (χ1) is 8.30. The number of ether oxygens (including phenoxy) is 2. The van der Waals surface area contributed by atoms with Crippen LogP contribution in [-0.2, 0) is 5.54 Å². The van der Waals surface area contributed by atoms with Gasteiger partial charge in [-0.05, 0) is 32.4 Å². The lowest BCUT2D eigenvalue weighted by molar-refractivity contribution is 0.292. The molecule has 1 fully saturated rings. The standard InChI is InChI=1S/C14H19NO2/c1-14(7-3-8-15-14)11-5-2-6-12-13(11)17-10-4-9-16-12/h2,5-6,15H,3-4,7-10H2,1H3. The van der Waals surface area contributed by atoms with Gasteiger partial charge in [0.1, 0.15) is 0 Å². The lowest BCUT2D eigenvalue weighted by Crippen LogP contribution is -2.33. The van der Waals surface area contributed by atoms with Crippen LogP contribution in [0.5, 0.6) is 11.5 Å². The van der Waals surface area contributed by atoms with E-state index in [4.69, 9.17) is 9.47 Å². The van der Waals surface area contributed by atoms with E-state index in [9.17, 15) is 0 Å². The molecule has 0 amide bonds. The normalized spacial score (nSPS) is 27.8. The van der Waals surface area contributed by atoms with Crippen molar-refractivity contribution in [1.82, 2.24) is 5.32 Å². The molecule has 0 bridgehead atoms. The minimum absolute atomic E-state index is 0.0407.